The average molecular weight is 495 g/mol. The number of nitrogens with one attached hydrogen (secondary N) is 3. The molecule has 4 N–H and O–H groups in total. The second-order valence-electron chi connectivity index (χ2n) is 8.57. The maximum absolute atomic E-state index is 11.5. The highest BCUT2D eigenvalue weighted by molar-refractivity contribution is 6.33. The zero-order chi connectivity index (χ0) is 23.9. The molecule has 4 aromatic rings. The molecule has 0 bridgehead atoms. The number of hydrogen-bond donors (Lipinski definition) is 4. The van der Waals surface area contributed by atoms with Gasteiger partial charge in [0.1, 0.15) is 11.5 Å². The first-order valence-corrected chi connectivity index (χ1v) is 11.8. The third-order valence-corrected chi connectivity index (χ3v) is 6.28. The number of morpholine rings is 1. The van der Waals surface area contributed by atoms with E-state index in [1.165, 1.54) is 0 Å². The van der Waals surface area contributed by atoms with Crippen LogP contribution in [0.4, 0.5) is 17.2 Å². The number of fused-ring (bicyclic) bond motifs is 1. The molecule has 0 amide bonds. The highest BCUT2D eigenvalue weighted by Gasteiger charge is 2.20. The molecule has 6 rings (SSSR count). The monoisotopic (exact) mass is 494 g/mol. The van der Waals surface area contributed by atoms with E-state index in [9.17, 15) is 9.90 Å². The normalized spacial score (nSPS) is 17.5. The highest BCUT2D eigenvalue weighted by atomic mass is 35.5. The lowest BCUT2D eigenvalue weighted by molar-refractivity contribution is 0.122. The van der Waals surface area contributed by atoms with Gasteiger partial charge < -0.3 is 25.0 Å². The van der Waals surface area contributed by atoms with Gasteiger partial charge in [-0.05, 0) is 37.1 Å². The number of hydrogen-bond acceptors (Lipinski definition) is 8. The van der Waals surface area contributed by atoms with Crippen LogP contribution in [0.2, 0.25) is 5.02 Å². The molecule has 0 radical (unpaired) electrons. The molecule has 1 aromatic carbocycles. The number of anilines is 3. The van der Waals surface area contributed by atoms with Crippen LogP contribution in [0.15, 0.2) is 40.2 Å². The van der Waals surface area contributed by atoms with E-state index in [-0.39, 0.29) is 17.6 Å². The van der Waals surface area contributed by atoms with Crippen LogP contribution in [0.25, 0.3) is 11.7 Å². The Bertz CT molecular complexity index is 1580. The Morgan fingerprint density at radius 1 is 1.23 bits per heavy atom. The molecular weight excluding hydrogens is 472 g/mol. The lowest BCUT2D eigenvalue weighted by Gasteiger charge is -2.29. The fraction of sp³-hybridized carbons (Fsp3) is 0.304. The molecule has 1 aliphatic carbocycles. The molecule has 180 valence electrons. The fourth-order valence-electron chi connectivity index (χ4n) is 4.02. The van der Waals surface area contributed by atoms with E-state index < -0.39 is 5.69 Å². The summed E-state index contributed by atoms with van der Waals surface area (Å²) in [4.78, 5) is 28.1. The third kappa shape index (κ3) is 4.47. The SMILES string of the molecule is O=c1[nH]c(O)c(/C=c2\cnn3c(=NC4CC4)cc(Nc4ccc(N5CCOCC5)cc4Cl)nc23)[nH]1. The minimum Gasteiger partial charge on any atom is -0.493 e. The van der Waals surface area contributed by atoms with Gasteiger partial charge in [0.2, 0.25) is 5.88 Å². The van der Waals surface area contributed by atoms with Crippen molar-refractivity contribution in [3.8, 4) is 5.88 Å². The highest BCUT2D eigenvalue weighted by Crippen LogP contribution is 2.30. The van der Waals surface area contributed by atoms with Gasteiger partial charge in [-0.3, -0.25) is 9.98 Å². The predicted molar refractivity (Wildman–Crippen MR) is 131 cm³/mol. The quantitative estimate of drug-likeness (QED) is 0.328. The standard InChI is InChI=1S/C23H23ClN8O3/c24-16-10-15(31-5-7-35-8-6-31)3-4-17(16)27-19-11-20(26-14-1-2-14)32-21(29-19)13(12-25-32)9-18-22(33)30-23(34)28-18/h3-4,9-12,14,27,33H,1-2,5-8H2,(H2,28,30,34)/b13-9+,26-20?. The molecular formula is C23H23ClN8O3. The Labute approximate surface area is 203 Å². The van der Waals surface area contributed by atoms with Gasteiger partial charge in [0, 0.05) is 30.1 Å². The largest absolute Gasteiger partial charge is 0.493 e. The second kappa shape index (κ2) is 8.75. The van der Waals surface area contributed by atoms with Crippen LogP contribution in [0.3, 0.4) is 0 Å². The van der Waals surface area contributed by atoms with Crippen molar-refractivity contribution in [3.05, 3.63) is 62.4 Å². The number of aromatic hydroxyl groups is 1. The number of imidazole rings is 1. The van der Waals surface area contributed by atoms with Gasteiger partial charge >= 0.3 is 5.69 Å². The lowest BCUT2D eigenvalue weighted by Crippen LogP contribution is -2.36. The number of ether oxygens (including phenoxy) is 1. The summed E-state index contributed by atoms with van der Waals surface area (Å²) < 4.78 is 7.09. The van der Waals surface area contributed by atoms with Crippen molar-refractivity contribution in [2.45, 2.75) is 18.9 Å². The van der Waals surface area contributed by atoms with Crippen LogP contribution in [-0.2, 0) is 4.74 Å². The van der Waals surface area contributed by atoms with E-state index in [4.69, 9.17) is 26.3 Å². The van der Waals surface area contributed by atoms with Crippen molar-refractivity contribution >= 4 is 40.5 Å². The maximum Gasteiger partial charge on any atom is 0.326 e. The summed E-state index contributed by atoms with van der Waals surface area (Å²) in [7, 11) is 0. The van der Waals surface area contributed by atoms with Crippen LogP contribution in [0.1, 0.15) is 18.5 Å². The van der Waals surface area contributed by atoms with Gasteiger partial charge in [-0.25, -0.2) is 9.78 Å². The molecule has 0 atom stereocenters. The molecule has 2 fully saturated rings. The number of rotatable bonds is 5. The number of nitrogens with zero attached hydrogens (tertiary/aromatic N) is 5. The lowest BCUT2D eigenvalue weighted by atomic mass is 10.2. The van der Waals surface area contributed by atoms with Crippen molar-refractivity contribution < 1.29 is 9.84 Å². The molecule has 1 saturated carbocycles. The Morgan fingerprint density at radius 2 is 2.06 bits per heavy atom. The summed E-state index contributed by atoms with van der Waals surface area (Å²) in [5.41, 5.74) is 2.69. The molecule has 1 saturated heterocycles. The van der Waals surface area contributed by atoms with Gasteiger partial charge in [-0.2, -0.15) is 9.61 Å². The zero-order valence-electron chi connectivity index (χ0n) is 18.7. The molecule has 1 aliphatic heterocycles. The van der Waals surface area contributed by atoms with Crippen molar-refractivity contribution in [2.24, 2.45) is 4.99 Å². The number of H-pyrrole nitrogens is 2. The van der Waals surface area contributed by atoms with Crippen LogP contribution < -0.4 is 26.6 Å². The minimum absolute atomic E-state index is 0.243. The summed E-state index contributed by atoms with van der Waals surface area (Å²) in [6, 6.07) is 8.00. The summed E-state index contributed by atoms with van der Waals surface area (Å²) in [6.45, 7) is 3.06. The molecule has 3 aromatic heterocycles. The van der Waals surface area contributed by atoms with Crippen LogP contribution in [-0.4, -0.2) is 62.0 Å². The number of halogens is 1. The van der Waals surface area contributed by atoms with E-state index in [0.717, 1.165) is 37.3 Å². The molecule has 35 heavy (non-hydrogen) atoms. The molecule has 11 nitrogen and oxygen atoms in total. The Kier molecular flexibility index (Phi) is 5.42. The van der Waals surface area contributed by atoms with Gasteiger partial charge in [0.15, 0.2) is 11.1 Å². The van der Waals surface area contributed by atoms with Gasteiger partial charge in [-0.15, -0.1) is 0 Å². The third-order valence-electron chi connectivity index (χ3n) is 5.97. The van der Waals surface area contributed by atoms with Gasteiger partial charge in [-0.1, -0.05) is 11.6 Å². The average Bonchev–Trinajstić information content (AvgIpc) is 3.49. The van der Waals surface area contributed by atoms with Crippen molar-refractivity contribution in [3.63, 3.8) is 0 Å². The van der Waals surface area contributed by atoms with E-state index in [0.29, 0.717) is 40.4 Å². The van der Waals surface area contributed by atoms with Crippen LogP contribution in [0.5, 0.6) is 5.88 Å². The Hall–Kier alpha value is -3.83. The van der Waals surface area contributed by atoms with Crippen LogP contribution >= 0.6 is 11.6 Å². The summed E-state index contributed by atoms with van der Waals surface area (Å²) in [6.07, 6.45) is 5.31. The van der Waals surface area contributed by atoms with E-state index >= 15 is 0 Å². The first-order valence-electron chi connectivity index (χ1n) is 11.4. The van der Waals surface area contributed by atoms with E-state index in [1.54, 1.807) is 16.8 Å². The van der Waals surface area contributed by atoms with Gasteiger partial charge in [0.05, 0.1) is 36.2 Å². The van der Waals surface area contributed by atoms with Crippen molar-refractivity contribution in [2.75, 3.05) is 36.5 Å². The zero-order valence-corrected chi connectivity index (χ0v) is 19.4. The molecule has 2 aliphatic rings. The fourth-order valence-corrected chi connectivity index (χ4v) is 4.24. The Morgan fingerprint density at radius 3 is 2.77 bits per heavy atom. The minimum atomic E-state index is -0.500. The van der Waals surface area contributed by atoms with E-state index in [1.807, 2.05) is 24.3 Å². The number of aromatic amines is 2. The number of benzene rings is 1. The predicted octanol–water partition coefficient (Wildman–Crippen LogP) is 1.30. The molecule has 0 unspecified atom stereocenters. The van der Waals surface area contributed by atoms with Gasteiger partial charge in [0.25, 0.3) is 0 Å². The van der Waals surface area contributed by atoms with Crippen LogP contribution in [0, 0.1) is 0 Å². The summed E-state index contributed by atoms with van der Waals surface area (Å²) >= 11 is 6.63. The first kappa shape index (κ1) is 21.7. The second-order valence-corrected chi connectivity index (χ2v) is 8.98. The summed E-state index contributed by atoms with van der Waals surface area (Å²) in [5.74, 6) is 0.304. The Balaban J connectivity index is 1.40. The smallest absolute Gasteiger partial charge is 0.326 e. The molecule has 4 heterocycles. The van der Waals surface area contributed by atoms with Crippen molar-refractivity contribution in [1.29, 1.82) is 0 Å². The molecule has 0 spiro atoms. The summed E-state index contributed by atoms with van der Waals surface area (Å²) in [5, 5.41) is 18.9. The van der Waals surface area contributed by atoms with Crippen molar-refractivity contribution in [1.82, 2.24) is 24.6 Å². The topological polar surface area (TPSA) is 136 Å². The first-order chi connectivity index (χ1) is 17.0. The van der Waals surface area contributed by atoms with E-state index in [2.05, 4.69) is 25.3 Å². The maximum atomic E-state index is 11.5. The molecule has 12 heteroatoms. The number of aromatic nitrogens is 5.